The molecule has 3 N–H and O–H groups in total. The Morgan fingerprint density at radius 3 is 2.50 bits per heavy atom. The van der Waals surface area contributed by atoms with Gasteiger partial charge in [-0.3, -0.25) is 9.52 Å². The number of anilines is 1. The van der Waals surface area contributed by atoms with Crippen LogP contribution in [0.5, 0.6) is 5.75 Å². The number of urea groups is 1. The van der Waals surface area contributed by atoms with E-state index in [2.05, 4.69) is 10.0 Å². The van der Waals surface area contributed by atoms with Gasteiger partial charge in [-0.05, 0) is 44.0 Å². The second-order valence-electron chi connectivity index (χ2n) is 10.9. The number of aliphatic hydroxyl groups is 1. The van der Waals surface area contributed by atoms with E-state index in [9.17, 15) is 23.1 Å². The van der Waals surface area contributed by atoms with Crippen LogP contribution in [0.15, 0.2) is 53.4 Å². The van der Waals surface area contributed by atoms with E-state index in [1.807, 2.05) is 6.92 Å². The largest absolute Gasteiger partial charge is 0.485 e. The maximum atomic E-state index is 13.7. The minimum absolute atomic E-state index is 0.0735. The highest BCUT2D eigenvalue weighted by molar-refractivity contribution is 7.92. The van der Waals surface area contributed by atoms with Crippen LogP contribution in [0.1, 0.15) is 56.3 Å². The number of hydrogen-bond donors (Lipinski definition) is 3. The highest BCUT2D eigenvalue weighted by Gasteiger charge is 2.35. The number of sulfonamides is 1. The van der Waals surface area contributed by atoms with Gasteiger partial charge in [0, 0.05) is 25.6 Å². The van der Waals surface area contributed by atoms with Crippen molar-refractivity contribution in [1.82, 2.24) is 15.1 Å². The van der Waals surface area contributed by atoms with Gasteiger partial charge in [0.15, 0.2) is 5.75 Å². The van der Waals surface area contributed by atoms with Gasteiger partial charge in [0.2, 0.25) is 0 Å². The number of nitrogens with one attached hydrogen (secondary N) is 2. The van der Waals surface area contributed by atoms with Gasteiger partial charge in [0.25, 0.3) is 15.9 Å². The number of amides is 3. The standard InChI is InChI=1S/C29H40N4O6S/c1-20-17-33(21(2)19-34)28(35)24-15-10-16-25(31-40(37,38)23-13-8-5-9-14-23)27(24)39-26(20)18-32(3)29(36)30-22-11-6-4-7-12-22/h5,8-10,13-16,20-22,26,31,34H,4,6-7,11-12,17-19H2,1-3H3,(H,30,36)/t20-,21+,26-/m1/s1. The SMILES string of the molecule is C[C@@H]1CN([C@@H](C)CO)C(=O)c2cccc(NS(=O)(=O)c3ccccc3)c2O[C@@H]1CN(C)C(=O)NC1CCCCC1. The third-order valence-corrected chi connectivity index (χ3v) is 9.10. The molecular formula is C29H40N4O6S. The van der Waals surface area contributed by atoms with Crippen molar-refractivity contribution in [2.75, 3.05) is 31.5 Å². The molecular weight excluding hydrogens is 532 g/mol. The van der Waals surface area contributed by atoms with Crippen LogP contribution in [-0.4, -0.2) is 80.2 Å². The number of benzene rings is 2. The first-order valence-electron chi connectivity index (χ1n) is 13.9. The van der Waals surface area contributed by atoms with Crippen LogP contribution in [0.2, 0.25) is 0 Å². The molecule has 40 heavy (non-hydrogen) atoms. The van der Waals surface area contributed by atoms with E-state index < -0.39 is 22.2 Å². The van der Waals surface area contributed by atoms with Crippen LogP contribution in [0.3, 0.4) is 0 Å². The third-order valence-electron chi connectivity index (χ3n) is 7.72. The Bertz CT molecular complexity index is 1280. The summed E-state index contributed by atoms with van der Waals surface area (Å²) >= 11 is 0. The van der Waals surface area contributed by atoms with E-state index in [-0.39, 0.29) is 58.9 Å². The van der Waals surface area contributed by atoms with Crippen molar-refractivity contribution in [1.29, 1.82) is 0 Å². The lowest BCUT2D eigenvalue weighted by atomic mass is 9.96. The third kappa shape index (κ3) is 6.87. The number of hydrogen-bond acceptors (Lipinski definition) is 6. The number of carbonyl (C=O) groups excluding carboxylic acids is 2. The van der Waals surface area contributed by atoms with E-state index in [4.69, 9.17) is 4.74 Å². The fraction of sp³-hybridized carbons (Fsp3) is 0.517. The first-order chi connectivity index (χ1) is 19.1. The quantitative estimate of drug-likeness (QED) is 0.443. The van der Waals surface area contributed by atoms with Crippen LogP contribution in [0, 0.1) is 5.92 Å². The summed E-state index contributed by atoms with van der Waals surface area (Å²) in [5.41, 5.74) is 0.305. The lowest BCUT2D eigenvalue weighted by molar-refractivity contribution is 0.0368. The molecule has 1 aliphatic carbocycles. The van der Waals surface area contributed by atoms with Gasteiger partial charge in [0.1, 0.15) is 6.10 Å². The monoisotopic (exact) mass is 572 g/mol. The van der Waals surface area contributed by atoms with Gasteiger partial charge in [-0.2, -0.15) is 0 Å². The van der Waals surface area contributed by atoms with Crippen molar-refractivity contribution < 1.29 is 27.9 Å². The van der Waals surface area contributed by atoms with Gasteiger partial charge in [-0.25, -0.2) is 13.2 Å². The Labute approximate surface area is 236 Å². The highest BCUT2D eigenvalue weighted by atomic mass is 32.2. The molecule has 3 amide bonds. The van der Waals surface area contributed by atoms with Crippen LogP contribution >= 0.6 is 0 Å². The minimum atomic E-state index is -3.97. The number of nitrogens with zero attached hydrogens (tertiary/aromatic N) is 2. The molecule has 2 aliphatic rings. The number of aliphatic hydroxyl groups excluding tert-OH is 1. The molecule has 1 fully saturated rings. The molecule has 1 aliphatic heterocycles. The van der Waals surface area contributed by atoms with Crippen molar-refractivity contribution >= 4 is 27.6 Å². The minimum Gasteiger partial charge on any atom is -0.485 e. The first kappa shape index (κ1) is 29.7. The first-order valence-corrected chi connectivity index (χ1v) is 15.4. The summed E-state index contributed by atoms with van der Waals surface area (Å²) in [6.07, 6.45) is 4.75. The molecule has 0 bridgehead atoms. The van der Waals surface area contributed by atoms with Crippen LogP contribution in [0.4, 0.5) is 10.5 Å². The predicted molar refractivity (Wildman–Crippen MR) is 153 cm³/mol. The molecule has 1 saturated carbocycles. The van der Waals surface area contributed by atoms with E-state index in [1.165, 1.54) is 18.6 Å². The molecule has 0 saturated heterocycles. The number of likely N-dealkylation sites (N-methyl/N-ethyl adjacent to an activating group) is 1. The van der Waals surface area contributed by atoms with Crippen molar-refractivity contribution in [3.63, 3.8) is 0 Å². The van der Waals surface area contributed by atoms with E-state index in [0.29, 0.717) is 6.54 Å². The average molecular weight is 573 g/mol. The van der Waals surface area contributed by atoms with Crippen molar-refractivity contribution in [3.05, 3.63) is 54.1 Å². The van der Waals surface area contributed by atoms with Crippen molar-refractivity contribution in [2.45, 2.75) is 69.0 Å². The van der Waals surface area contributed by atoms with Gasteiger partial charge in [-0.1, -0.05) is 50.5 Å². The lowest BCUT2D eigenvalue weighted by Crippen LogP contribution is -2.52. The molecule has 0 radical (unpaired) electrons. The Hall–Kier alpha value is -3.31. The number of fused-ring (bicyclic) bond motifs is 1. The van der Waals surface area contributed by atoms with Crippen LogP contribution < -0.4 is 14.8 Å². The molecule has 0 unspecified atom stereocenters. The predicted octanol–water partition coefficient (Wildman–Crippen LogP) is 3.68. The maximum absolute atomic E-state index is 13.7. The molecule has 3 atom stereocenters. The second-order valence-corrected chi connectivity index (χ2v) is 12.6. The van der Waals surface area contributed by atoms with E-state index in [0.717, 1.165) is 25.7 Å². The molecule has 11 heteroatoms. The molecule has 0 aromatic heterocycles. The molecule has 10 nitrogen and oxygen atoms in total. The number of rotatable bonds is 8. The van der Waals surface area contributed by atoms with Crippen molar-refractivity contribution in [2.24, 2.45) is 5.92 Å². The summed E-state index contributed by atoms with van der Waals surface area (Å²) in [5.74, 6) is -0.513. The summed E-state index contributed by atoms with van der Waals surface area (Å²) in [4.78, 5) is 29.9. The van der Waals surface area contributed by atoms with Crippen molar-refractivity contribution in [3.8, 4) is 5.75 Å². The number of carbonyl (C=O) groups is 2. The molecule has 2 aromatic carbocycles. The van der Waals surface area contributed by atoms with Gasteiger partial charge in [-0.15, -0.1) is 0 Å². The zero-order valence-electron chi connectivity index (χ0n) is 23.4. The molecule has 218 valence electrons. The molecule has 2 aromatic rings. The number of ether oxygens (including phenoxy) is 1. The molecule has 4 rings (SSSR count). The lowest BCUT2D eigenvalue weighted by Gasteiger charge is -2.38. The van der Waals surface area contributed by atoms with Gasteiger partial charge < -0.3 is 25.0 Å². The van der Waals surface area contributed by atoms with Crippen LogP contribution in [0.25, 0.3) is 0 Å². The van der Waals surface area contributed by atoms with Crippen LogP contribution in [-0.2, 0) is 10.0 Å². The molecule has 0 spiro atoms. The Morgan fingerprint density at radius 1 is 1.12 bits per heavy atom. The topological polar surface area (TPSA) is 128 Å². The average Bonchev–Trinajstić information content (AvgIpc) is 2.95. The zero-order valence-corrected chi connectivity index (χ0v) is 24.2. The summed E-state index contributed by atoms with van der Waals surface area (Å²) < 4.78 is 35.4. The summed E-state index contributed by atoms with van der Waals surface area (Å²) in [6.45, 7) is 3.96. The Balaban J connectivity index is 1.66. The second kappa shape index (κ2) is 12.9. The molecule has 1 heterocycles. The zero-order chi connectivity index (χ0) is 28.9. The fourth-order valence-corrected chi connectivity index (χ4v) is 6.31. The normalized spacial score (nSPS) is 20.9. The van der Waals surface area contributed by atoms with Gasteiger partial charge in [0.05, 0.1) is 35.3 Å². The van der Waals surface area contributed by atoms with Gasteiger partial charge >= 0.3 is 6.03 Å². The highest BCUT2D eigenvalue weighted by Crippen LogP contribution is 2.36. The fourth-order valence-electron chi connectivity index (χ4n) is 5.23. The summed E-state index contributed by atoms with van der Waals surface area (Å²) in [6, 6.07) is 12.2. The summed E-state index contributed by atoms with van der Waals surface area (Å²) in [5, 5.41) is 13.0. The van der Waals surface area contributed by atoms with E-state index in [1.54, 1.807) is 60.2 Å². The smallest absolute Gasteiger partial charge is 0.317 e. The maximum Gasteiger partial charge on any atom is 0.317 e. The number of para-hydroxylation sites is 1. The summed E-state index contributed by atoms with van der Waals surface area (Å²) in [7, 11) is -2.27. The Kier molecular flexibility index (Phi) is 9.57. The van der Waals surface area contributed by atoms with E-state index >= 15 is 0 Å². The Morgan fingerprint density at radius 2 is 1.82 bits per heavy atom.